The third kappa shape index (κ3) is 46.3. The summed E-state index contributed by atoms with van der Waals surface area (Å²) in [5.74, 6) is -0.415. The van der Waals surface area contributed by atoms with Crippen LogP contribution < -0.4 is 0 Å². The first kappa shape index (κ1) is 55.6. The van der Waals surface area contributed by atoms with Crippen LogP contribution in [-0.2, 0) is 23.8 Å². The molecule has 5 nitrogen and oxygen atoms in total. The summed E-state index contributed by atoms with van der Waals surface area (Å²) in [6.45, 7) is 7.63. The number of unbranched alkanes of at least 4 members (excludes halogenated alkanes) is 24. The number of esters is 2. The predicted octanol–water partition coefficient (Wildman–Crippen LogP) is 16.6. The van der Waals surface area contributed by atoms with Gasteiger partial charge in [0.05, 0.1) is 6.61 Å². The molecule has 0 saturated carbocycles. The van der Waals surface area contributed by atoms with Gasteiger partial charge in [-0.05, 0) is 64.2 Å². The molecule has 0 saturated heterocycles. The number of rotatable bonds is 45. The molecule has 336 valence electrons. The van der Waals surface area contributed by atoms with Gasteiger partial charge in [-0.1, -0.05) is 223 Å². The summed E-state index contributed by atoms with van der Waals surface area (Å²) in [6, 6.07) is 0. The molecule has 0 aliphatic carbocycles. The van der Waals surface area contributed by atoms with E-state index in [2.05, 4.69) is 81.5 Å². The molecule has 0 radical (unpaired) electrons. The highest BCUT2D eigenvalue weighted by Gasteiger charge is 2.17. The standard InChI is InChI=1S/C53H94O5/c1-4-7-10-13-16-19-22-24-25-26-27-28-30-33-36-39-42-45-48-56-49-51(58-53(55)47-44-41-38-35-31-21-18-15-12-9-6-3)50-57-52(54)46-43-40-37-34-32-29-23-20-17-14-11-8-5-2/h7,10,16,19,24-25,27-28,33,36,51H,4-6,8-9,11-15,17-18,20-23,26,29-32,34-35,37-50H2,1-3H3/b10-7-,19-16-,25-24-,28-27-,36-33-. The Hall–Kier alpha value is -2.40. The maximum atomic E-state index is 12.7. The van der Waals surface area contributed by atoms with Crippen LogP contribution in [-0.4, -0.2) is 37.9 Å². The van der Waals surface area contributed by atoms with Gasteiger partial charge in [0.2, 0.25) is 0 Å². The van der Waals surface area contributed by atoms with Crippen molar-refractivity contribution in [2.75, 3.05) is 19.8 Å². The van der Waals surface area contributed by atoms with Crippen molar-refractivity contribution in [3.05, 3.63) is 60.8 Å². The zero-order valence-electron chi connectivity index (χ0n) is 38.6. The molecule has 0 heterocycles. The SMILES string of the molecule is CC/C=C\C/C=C\C/C=C\C/C=C\C/C=C\CCCCOCC(COC(=O)CCCCCCCCCCCCCCC)OC(=O)CCCCCCCCCCCCC. The molecule has 0 aromatic carbocycles. The van der Waals surface area contributed by atoms with Crippen LogP contribution in [0.1, 0.15) is 239 Å². The van der Waals surface area contributed by atoms with E-state index in [0.29, 0.717) is 19.4 Å². The van der Waals surface area contributed by atoms with Gasteiger partial charge < -0.3 is 14.2 Å². The van der Waals surface area contributed by atoms with Gasteiger partial charge in [0.25, 0.3) is 0 Å². The number of carbonyl (C=O) groups is 2. The number of hydrogen-bond donors (Lipinski definition) is 0. The third-order valence-electron chi connectivity index (χ3n) is 10.6. The minimum absolute atomic E-state index is 0.0707. The fraction of sp³-hybridized carbons (Fsp3) is 0.774. The number of ether oxygens (including phenoxy) is 3. The Kier molecular flexibility index (Phi) is 46.9. The molecule has 0 aliphatic rings. The Labute approximate surface area is 360 Å². The van der Waals surface area contributed by atoms with Crippen molar-refractivity contribution >= 4 is 11.9 Å². The highest BCUT2D eigenvalue weighted by molar-refractivity contribution is 5.70. The normalized spacial score (nSPS) is 12.7. The van der Waals surface area contributed by atoms with Crippen molar-refractivity contribution in [2.45, 2.75) is 245 Å². The zero-order chi connectivity index (χ0) is 42.1. The van der Waals surface area contributed by atoms with Crippen LogP contribution >= 0.6 is 0 Å². The second-order valence-corrected chi connectivity index (χ2v) is 16.4. The minimum atomic E-state index is -0.554. The van der Waals surface area contributed by atoms with Crippen LogP contribution in [0.4, 0.5) is 0 Å². The Morgan fingerprint density at radius 1 is 0.397 bits per heavy atom. The van der Waals surface area contributed by atoms with Crippen molar-refractivity contribution in [3.63, 3.8) is 0 Å². The van der Waals surface area contributed by atoms with Crippen molar-refractivity contribution in [3.8, 4) is 0 Å². The summed E-state index contributed by atoms with van der Waals surface area (Å²) in [6.07, 6.45) is 60.8. The Morgan fingerprint density at radius 2 is 0.776 bits per heavy atom. The van der Waals surface area contributed by atoms with Gasteiger partial charge in [-0.3, -0.25) is 9.59 Å². The van der Waals surface area contributed by atoms with Crippen LogP contribution in [0.25, 0.3) is 0 Å². The predicted molar refractivity (Wildman–Crippen MR) is 251 cm³/mol. The lowest BCUT2D eigenvalue weighted by Gasteiger charge is -2.18. The number of carbonyl (C=O) groups excluding carboxylic acids is 2. The molecule has 0 fully saturated rings. The Balaban J connectivity index is 4.31. The van der Waals surface area contributed by atoms with Gasteiger partial charge in [-0.2, -0.15) is 0 Å². The second-order valence-electron chi connectivity index (χ2n) is 16.4. The highest BCUT2D eigenvalue weighted by atomic mass is 16.6. The first-order valence-electron chi connectivity index (χ1n) is 24.8. The summed E-state index contributed by atoms with van der Waals surface area (Å²) < 4.78 is 17.3. The molecule has 0 rings (SSSR count). The quantitative estimate of drug-likeness (QED) is 0.0348. The number of allylic oxidation sites excluding steroid dienone is 10. The molecule has 0 amide bonds. The summed E-state index contributed by atoms with van der Waals surface area (Å²) >= 11 is 0. The van der Waals surface area contributed by atoms with Gasteiger partial charge in [0.15, 0.2) is 6.10 Å². The van der Waals surface area contributed by atoms with E-state index in [4.69, 9.17) is 14.2 Å². The lowest BCUT2D eigenvalue weighted by Crippen LogP contribution is -2.30. The molecule has 0 aromatic rings. The molecular weight excluding hydrogens is 717 g/mol. The van der Waals surface area contributed by atoms with Crippen molar-refractivity contribution in [1.82, 2.24) is 0 Å². The van der Waals surface area contributed by atoms with Crippen molar-refractivity contribution < 1.29 is 23.8 Å². The average molecular weight is 811 g/mol. The third-order valence-corrected chi connectivity index (χ3v) is 10.6. The molecule has 0 aromatic heterocycles. The highest BCUT2D eigenvalue weighted by Crippen LogP contribution is 2.15. The van der Waals surface area contributed by atoms with E-state index in [1.165, 1.54) is 128 Å². The molecule has 0 bridgehead atoms. The number of hydrogen-bond acceptors (Lipinski definition) is 5. The van der Waals surface area contributed by atoms with Gasteiger partial charge in [-0.15, -0.1) is 0 Å². The van der Waals surface area contributed by atoms with Gasteiger partial charge in [0.1, 0.15) is 6.61 Å². The second kappa shape index (κ2) is 49.0. The first-order valence-corrected chi connectivity index (χ1v) is 24.8. The van der Waals surface area contributed by atoms with Crippen LogP contribution in [0, 0.1) is 0 Å². The summed E-state index contributed by atoms with van der Waals surface area (Å²) in [5.41, 5.74) is 0. The topological polar surface area (TPSA) is 61.8 Å². The van der Waals surface area contributed by atoms with Crippen molar-refractivity contribution in [2.24, 2.45) is 0 Å². The molecule has 1 unspecified atom stereocenters. The largest absolute Gasteiger partial charge is 0.462 e. The zero-order valence-corrected chi connectivity index (χ0v) is 38.6. The molecule has 0 aliphatic heterocycles. The van der Waals surface area contributed by atoms with E-state index in [0.717, 1.165) is 77.0 Å². The van der Waals surface area contributed by atoms with Gasteiger partial charge in [0, 0.05) is 19.4 Å². The summed E-state index contributed by atoms with van der Waals surface area (Å²) in [5, 5.41) is 0. The van der Waals surface area contributed by atoms with Crippen LogP contribution in [0.2, 0.25) is 0 Å². The van der Waals surface area contributed by atoms with E-state index in [1.54, 1.807) is 0 Å². The molecule has 5 heteroatoms. The fourth-order valence-corrected chi connectivity index (χ4v) is 6.89. The first-order chi connectivity index (χ1) is 28.6. The average Bonchev–Trinajstić information content (AvgIpc) is 3.22. The fourth-order valence-electron chi connectivity index (χ4n) is 6.89. The van der Waals surface area contributed by atoms with E-state index in [1.807, 2.05) is 0 Å². The lowest BCUT2D eigenvalue weighted by molar-refractivity contribution is -0.163. The minimum Gasteiger partial charge on any atom is -0.462 e. The molecule has 58 heavy (non-hydrogen) atoms. The van der Waals surface area contributed by atoms with Crippen LogP contribution in [0.5, 0.6) is 0 Å². The van der Waals surface area contributed by atoms with Crippen LogP contribution in [0.15, 0.2) is 60.8 Å². The molecule has 1 atom stereocenters. The van der Waals surface area contributed by atoms with E-state index < -0.39 is 6.10 Å². The van der Waals surface area contributed by atoms with E-state index >= 15 is 0 Å². The van der Waals surface area contributed by atoms with E-state index in [-0.39, 0.29) is 25.2 Å². The molecular formula is C53H94O5. The van der Waals surface area contributed by atoms with Gasteiger partial charge in [-0.25, -0.2) is 0 Å². The smallest absolute Gasteiger partial charge is 0.306 e. The molecule has 0 N–H and O–H groups in total. The maximum Gasteiger partial charge on any atom is 0.306 e. The summed E-state index contributed by atoms with van der Waals surface area (Å²) in [4.78, 5) is 25.3. The van der Waals surface area contributed by atoms with Gasteiger partial charge >= 0.3 is 11.9 Å². The summed E-state index contributed by atoms with van der Waals surface area (Å²) in [7, 11) is 0. The molecule has 0 spiro atoms. The van der Waals surface area contributed by atoms with Crippen molar-refractivity contribution in [1.29, 1.82) is 0 Å². The Morgan fingerprint density at radius 3 is 1.21 bits per heavy atom. The van der Waals surface area contributed by atoms with Crippen LogP contribution in [0.3, 0.4) is 0 Å². The Bertz CT molecular complexity index is 1010. The monoisotopic (exact) mass is 811 g/mol. The maximum absolute atomic E-state index is 12.7. The lowest BCUT2D eigenvalue weighted by atomic mass is 10.0. The van der Waals surface area contributed by atoms with E-state index in [9.17, 15) is 9.59 Å².